The SMILES string of the molecule is COC(=O)C(NC(=O)c1ccc(O)c(F)c1)c1ccc(-c2cc(F)c(F)c(F)c2)cc1. The van der Waals surface area contributed by atoms with Gasteiger partial charge in [0, 0.05) is 5.56 Å². The molecule has 0 aliphatic carbocycles. The molecule has 0 radical (unpaired) electrons. The van der Waals surface area contributed by atoms with E-state index in [4.69, 9.17) is 4.74 Å². The molecule has 3 rings (SSSR count). The van der Waals surface area contributed by atoms with Gasteiger partial charge in [0.15, 0.2) is 35.1 Å². The number of esters is 1. The summed E-state index contributed by atoms with van der Waals surface area (Å²) < 4.78 is 58.3. The quantitative estimate of drug-likeness (QED) is 0.358. The van der Waals surface area contributed by atoms with Gasteiger partial charge in [-0.1, -0.05) is 24.3 Å². The Bertz CT molecular complexity index is 1130. The minimum atomic E-state index is -1.58. The third kappa shape index (κ3) is 4.66. The molecule has 0 bridgehead atoms. The van der Waals surface area contributed by atoms with E-state index in [9.17, 15) is 32.3 Å². The molecule has 0 saturated carbocycles. The Balaban J connectivity index is 1.88. The predicted octanol–water partition coefficient (Wildman–Crippen LogP) is 4.26. The number of benzene rings is 3. The summed E-state index contributed by atoms with van der Waals surface area (Å²) in [5, 5.41) is 11.6. The van der Waals surface area contributed by atoms with Crippen LogP contribution < -0.4 is 5.32 Å². The van der Waals surface area contributed by atoms with Crippen molar-refractivity contribution in [2.45, 2.75) is 6.04 Å². The molecule has 0 aliphatic heterocycles. The number of hydrogen-bond acceptors (Lipinski definition) is 4. The summed E-state index contributed by atoms with van der Waals surface area (Å²) in [5.74, 6) is -7.55. The molecule has 31 heavy (non-hydrogen) atoms. The van der Waals surface area contributed by atoms with E-state index in [1.54, 1.807) is 0 Å². The Morgan fingerprint density at radius 1 is 0.871 bits per heavy atom. The highest BCUT2D eigenvalue weighted by Gasteiger charge is 2.25. The average molecular weight is 433 g/mol. The van der Waals surface area contributed by atoms with E-state index < -0.39 is 46.9 Å². The van der Waals surface area contributed by atoms with E-state index in [2.05, 4.69) is 5.32 Å². The lowest BCUT2D eigenvalue weighted by Gasteiger charge is -2.17. The van der Waals surface area contributed by atoms with E-state index in [1.165, 1.54) is 30.3 Å². The van der Waals surface area contributed by atoms with Gasteiger partial charge in [0.05, 0.1) is 7.11 Å². The molecule has 0 spiro atoms. The first kappa shape index (κ1) is 21.8. The van der Waals surface area contributed by atoms with E-state index in [1.807, 2.05) is 0 Å². The maximum atomic E-state index is 13.5. The number of amides is 1. The van der Waals surface area contributed by atoms with Gasteiger partial charge in [-0.25, -0.2) is 22.4 Å². The fourth-order valence-electron chi connectivity index (χ4n) is 2.85. The molecule has 5 nitrogen and oxygen atoms in total. The molecule has 1 atom stereocenters. The Morgan fingerprint density at radius 3 is 2.03 bits per heavy atom. The van der Waals surface area contributed by atoms with Crippen LogP contribution in [0.3, 0.4) is 0 Å². The number of phenolic OH excluding ortho intramolecular Hbond substituents is 1. The number of phenols is 1. The molecule has 0 aliphatic rings. The normalized spacial score (nSPS) is 11.6. The second-order valence-electron chi connectivity index (χ2n) is 6.47. The van der Waals surface area contributed by atoms with Crippen LogP contribution in [0, 0.1) is 23.3 Å². The van der Waals surface area contributed by atoms with Crippen LogP contribution in [-0.4, -0.2) is 24.1 Å². The van der Waals surface area contributed by atoms with E-state index >= 15 is 0 Å². The molecule has 3 aromatic rings. The molecule has 160 valence electrons. The van der Waals surface area contributed by atoms with Crippen LogP contribution in [0.15, 0.2) is 54.6 Å². The van der Waals surface area contributed by atoms with Crippen molar-refractivity contribution in [3.05, 3.63) is 89.0 Å². The molecule has 1 amide bonds. The number of ether oxygens (including phenoxy) is 1. The number of aromatic hydroxyl groups is 1. The number of rotatable bonds is 5. The zero-order valence-electron chi connectivity index (χ0n) is 16.0. The van der Waals surface area contributed by atoms with Crippen molar-refractivity contribution in [2.24, 2.45) is 0 Å². The lowest BCUT2D eigenvalue weighted by Crippen LogP contribution is -2.34. The lowest BCUT2D eigenvalue weighted by atomic mass is 10.00. The Hall–Kier alpha value is -3.88. The van der Waals surface area contributed by atoms with E-state index in [0.29, 0.717) is 5.56 Å². The second-order valence-corrected chi connectivity index (χ2v) is 6.47. The summed E-state index contributed by atoms with van der Waals surface area (Å²) in [5.41, 5.74) is 0.530. The van der Waals surface area contributed by atoms with Gasteiger partial charge in [-0.15, -0.1) is 0 Å². The van der Waals surface area contributed by atoms with E-state index in [-0.39, 0.29) is 16.7 Å². The van der Waals surface area contributed by atoms with Gasteiger partial charge in [-0.05, 0) is 47.0 Å². The van der Waals surface area contributed by atoms with Crippen molar-refractivity contribution in [3.63, 3.8) is 0 Å². The topological polar surface area (TPSA) is 75.6 Å². The third-order valence-corrected chi connectivity index (χ3v) is 4.48. The molecule has 3 aromatic carbocycles. The zero-order chi connectivity index (χ0) is 22.7. The average Bonchev–Trinajstić information content (AvgIpc) is 2.76. The molecule has 1 unspecified atom stereocenters. The predicted molar refractivity (Wildman–Crippen MR) is 102 cm³/mol. The fourth-order valence-corrected chi connectivity index (χ4v) is 2.85. The fraction of sp³-hybridized carbons (Fsp3) is 0.0909. The molecular formula is C22H15F4NO4. The second kappa shape index (κ2) is 8.86. The Labute approximate surface area is 173 Å². The number of carbonyl (C=O) groups is 2. The maximum absolute atomic E-state index is 13.5. The minimum absolute atomic E-state index is 0.0705. The highest BCUT2D eigenvalue weighted by molar-refractivity contribution is 5.97. The van der Waals surface area contributed by atoms with Crippen LogP contribution in [0.25, 0.3) is 11.1 Å². The van der Waals surface area contributed by atoms with Crippen molar-refractivity contribution >= 4 is 11.9 Å². The molecule has 2 N–H and O–H groups in total. The van der Waals surface area contributed by atoms with Crippen molar-refractivity contribution in [3.8, 4) is 16.9 Å². The summed E-state index contributed by atoms with van der Waals surface area (Å²) in [6, 6.07) is 9.01. The van der Waals surface area contributed by atoms with Crippen molar-refractivity contribution < 1.29 is 37.0 Å². The summed E-state index contributed by atoms with van der Waals surface area (Å²) in [6.45, 7) is 0. The van der Waals surface area contributed by atoms with Gasteiger partial charge in [-0.3, -0.25) is 4.79 Å². The summed E-state index contributed by atoms with van der Waals surface area (Å²) in [4.78, 5) is 24.6. The number of methoxy groups -OCH3 is 1. The van der Waals surface area contributed by atoms with Gasteiger partial charge >= 0.3 is 5.97 Å². The molecular weight excluding hydrogens is 418 g/mol. The van der Waals surface area contributed by atoms with Crippen LogP contribution in [-0.2, 0) is 9.53 Å². The van der Waals surface area contributed by atoms with Gasteiger partial charge in [0.2, 0.25) is 0 Å². The summed E-state index contributed by atoms with van der Waals surface area (Å²) >= 11 is 0. The highest BCUT2D eigenvalue weighted by atomic mass is 19.2. The first-order chi connectivity index (χ1) is 14.7. The summed E-state index contributed by atoms with van der Waals surface area (Å²) in [7, 11) is 1.11. The standard InChI is InChI=1S/C22H15F4NO4/c1-31-22(30)20(27-21(29)13-6-7-18(28)15(23)8-13)12-4-2-11(3-5-12)14-9-16(24)19(26)17(25)10-14/h2-10,20,28H,1H3,(H,27,29). The van der Waals surface area contributed by atoms with Crippen LogP contribution in [0.1, 0.15) is 22.0 Å². The number of nitrogens with one attached hydrogen (secondary N) is 1. The molecule has 9 heteroatoms. The van der Waals surface area contributed by atoms with Gasteiger partial charge < -0.3 is 15.2 Å². The van der Waals surface area contributed by atoms with Crippen LogP contribution in [0.5, 0.6) is 5.75 Å². The molecule has 0 saturated heterocycles. The number of hydrogen-bond donors (Lipinski definition) is 2. The van der Waals surface area contributed by atoms with Crippen molar-refractivity contribution in [2.75, 3.05) is 7.11 Å². The first-order valence-electron chi connectivity index (χ1n) is 8.83. The van der Waals surface area contributed by atoms with E-state index in [0.717, 1.165) is 31.4 Å². The smallest absolute Gasteiger partial charge is 0.333 e. The van der Waals surface area contributed by atoms with Crippen LogP contribution in [0.4, 0.5) is 17.6 Å². The maximum Gasteiger partial charge on any atom is 0.333 e. The van der Waals surface area contributed by atoms with Crippen molar-refractivity contribution in [1.29, 1.82) is 0 Å². The monoisotopic (exact) mass is 433 g/mol. The van der Waals surface area contributed by atoms with Gasteiger partial charge in [0.25, 0.3) is 5.91 Å². The molecule has 0 heterocycles. The lowest BCUT2D eigenvalue weighted by molar-refractivity contribution is -0.143. The van der Waals surface area contributed by atoms with Crippen LogP contribution in [0.2, 0.25) is 0 Å². The first-order valence-corrected chi connectivity index (χ1v) is 8.83. The third-order valence-electron chi connectivity index (χ3n) is 4.48. The Kier molecular flexibility index (Phi) is 6.24. The van der Waals surface area contributed by atoms with Crippen LogP contribution >= 0.6 is 0 Å². The molecule has 0 aromatic heterocycles. The van der Waals surface area contributed by atoms with Gasteiger partial charge in [0.1, 0.15) is 0 Å². The minimum Gasteiger partial charge on any atom is -0.505 e. The zero-order valence-corrected chi connectivity index (χ0v) is 16.0. The largest absolute Gasteiger partial charge is 0.505 e. The number of carbonyl (C=O) groups excluding carboxylic acids is 2. The van der Waals surface area contributed by atoms with Gasteiger partial charge in [-0.2, -0.15) is 0 Å². The molecule has 0 fully saturated rings. The Morgan fingerprint density at radius 2 is 1.48 bits per heavy atom. The highest BCUT2D eigenvalue weighted by Crippen LogP contribution is 2.26. The summed E-state index contributed by atoms with van der Waals surface area (Å²) in [6.07, 6.45) is 0. The van der Waals surface area contributed by atoms with Crippen molar-refractivity contribution in [1.82, 2.24) is 5.32 Å². The number of halogens is 4.